The van der Waals surface area contributed by atoms with Crippen LogP contribution in [0.15, 0.2) is 6.20 Å². The fraction of sp³-hybridized carbons (Fsp3) is 0.857. The van der Waals surface area contributed by atoms with Crippen molar-refractivity contribution in [2.24, 2.45) is 0 Å². The van der Waals surface area contributed by atoms with Gasteiger partial charge in [-0.15, -0.1) is 5.10 Å². The van der Waals surface area contributed by atoms with Gasteiger partial charge in [-0.25, -0.2) is 0 Å². The molecule has 2 aliphatic heterocycles. The Morgan fingerprint density at radius 1 is 1.20 bits per heavy atom. The summed E-state index contributed by atoms with van der Waals surface area (Å²) in [5.41, 5.74) is 1.12. The summed E-state index contributed by atoms with van der Waals surface area (Å²) in [7, 11) is 0. The minimum Gasteiger partial charge on any atom is -0.394 e. The predicted molar refractivity (Wildman–Crippen MR) is 110 cm³/mol. The Labute approximate surface area is 178 Å². The molecule has 0 radical (unpaired) electrons. The number of aryl methyl sites for hydroxylation is 1. The van der Waals surface area contributed by atoms with E-state index in [2.05, 4.69) is 26.7 Å². The standard InChI is InChI=1S/C21H35N5O4/c27-15-20-18(22-21(28)14-25-9-11-29-12-10-25)6-5-17(30-20)7-8-26-13-19(23-24-26)16-3-1-2-4-16/h13,16-18,20,27H,1-12,14-15H2,(H,22,28)/t17-,18+,20+/m1/s1. The van der Waals surface area contributed by atoms with Crippen LogP contribution in [0.1, 0.15) is 56.6 Å². The van der Waals surface area contributed by atoms with E-state index in [1.807, 2.05) is 4.68 Å². The third kappa shape index (κ3) is 5.78. The molecule has 1 amide bonds. The Kier molecular flexibility index (Phi) is 7.70. The molecule has 4 rings (SSSR count). The molecule has 0 aromatic carbocycles. The minimum atomic E-state index is -0.359. The van der Waals surface area contributed by atoms with Crippen LogP contribution < -0.4 is 5.32 Å². The molecule has 3 fully saturated rings. The second-order valence-corrected chi connectivity index (χ2v) is 8.80. The van der Waals surface area contributed by atoms with Gasteiger partial charge in [0.05, 0.1) is 44.2 Å². The maximum absolute atomic E-state index is 12.4. The summed E-state index contributed by atoms with van der Waals surface area (Å²) in [4.78, 5) is 14.5. The van der Waals surface area contributed by atoms with E-state index >= 15 is 0 Å². The molecule has 1 aromatic heterocycles. The number of aliphatic hydroxyl groups is 1. The van der Waals surface area contributed by atoms with Crippen LogP contribution >= 0.6 is 0 Å². The van der Waals surface area contributed by atoms with Crippen molar-refractivity contribution in [1.82, 2.24) is 25.2 Å². The van der Waals surface area contributed by atoms with E-state index in [-0.39, 0.29) is 30.8 Å². The fourth-order valence-corrected chi connectivity index (χ4v) is 4.83. The highest BCUT2D eigenvalue weighted by atomic mass is 16.5. The Morgan fingerprint density at radius 3 is 2.77 bits per heavy atom. The lowest BCUT2D eigenvalue weighted by molar-refractivity contribution is -0.130. The number of carbonyl (C=O) groups is 1. The molecule has 9 heteroatoms. The van der Waals surface area contributed by atoms with E-state index in [0.717, 1.165) is 44.6 Å². The first kappa shape index (κ1) is 21.7. The van der Waals surface area contributed by atoms with E-state index in [1.54, 1.807) is 0 Å². The fourth-order valence-electron chi connectivity index (χ4n) is 4.83. The molecule has 1 aromatic rings. The van der Waals surface area contributed by atoms with Crippen LogP contribution in [0.2, 0.25) is 0 Å². The van der Waals surface area contributed by atoms with Crippen molar-refractivity contribution < 1.29 is 19.4 Å². The lowest BCUT2D eigenvalue weighted by Gasteiger charge is -2.36. The van der Waals surface area contributed by atoms with Gasteiger partial charge in [0.2, 0.25) is 5.91 Å². The maximum Gasteiger partial charge on any atom is 0.234 e. The molecule has 1 aliphatic carbocycles. The zero-order valence-corrected chi connectivity index (χ0v) is 17.7. The molecule has 1 saturated carbocycles. The van der Waals surface area contributed by atoms with Crippen molar-refractivity contribution in [2.45, 2.75) is 75.7 Å². The molecular formula is C21H35N5O4. The van der Waals surface area contributed by atoms with Gasteiger partial charge in [-0.05, 0) is 32.1 Å². The van der Waals surface area contributed by atoms with Gasteiger partial charge in [-0.1, -0.05) is 18.1 Å². The average molecular weight is 422 g/mol. The normalized spacial score (nSPS) is 28.6. The third-order valence-corrected chi connectivity index (χ3v) is 6.62. The largest absolute Gasteiger partial charge is 0.394 e. The average Bonchev–Trinajstić information content (AvgIpc) is 3.45. The van der Waals surface area contributed by atoms with Crippen molar-refractivity contribution in [3.05, 3.63) is 11.9 Å². The van der Waals surface area contributed by atoms with E-state index in [9.17, 15) is 9.90 Å². The summed E-state index contributed by atoms with van der Waals surface area (Å²) >= 11 is 0. The van der Waals surface area contributed by atoms with Gasteiger partial charge >= 0.3 is 0 Å². The second kappa shape index (κ2) is 10.7. The maximum atomic E-state index is 12.4. The summed E-state index contributed by atoms with van der Waals surface area (Å²) in [5, 5.41) is 21.5. The van der Waals surface area contributed by atoms with Gasteiger partial charge in [0.1, 0.15) is 6.10 Å². The first-order chi connectivity index (χ1) is 14.7. The Hall–Kier alpha value is -1.55. The molecule has 9 nitrogen and oxygen atoms in total. The molecule has 3 heterocycles. The van der Waals surface area contributed by atoms with Crippen molar-refractivity contribution in [3.8, 4) is 0 Å². The number of ether oxygens (including phenoxy) is 2. The number of carbonyl (C=O) groups excluding carboxylic acids is 1. The summed E-state index contributed by atoms with van der Waals surface area (Å²) in [6.07, 6.45) is 9.33. The number of amides is 1. The van der Waals surface area contributed by atoms with Gasteiger partial charge in [-0.2, -0.15) is 0 Å². The molecule has 30 heavy (non-hydrogen) atoms. The molecule has 3 aliphatic rings. The first-order valence-corrected chi connectivity index (χ1v) is 11.5. The van der Waals surface area contributed by atoms with Crippen LogP contribution in [0.25, 0.3) is 0 Å². The third-order valence-electron chi connectivity index (χ3n) is 6.62. The molecule has 2 saturated heterocycles. The van der Waals surface area contributed by atoms with E-state index < -0.39 is 0 Å². The van der Waals surface area contributed by atoms with Crippen molar-refractivity contribution in [3.63, 3.8) is 0 Å². The molecule has 0 spiro atoms. The quantitative estimate of drug-likeness (QED) is 0.636. The Morgan fingerprint density at radius 2 is 2.00 bits per heavy atom. The summed E-state index contributed by atoms with van der Waals surface area (Å²) in [6.45, 7) is 3.96. The lowest BCUT2D eigenvalue weighted by atomic mass is 9.97. The summed E-state index contributed by atoms with van der Waals surface area (Å²) in [5.74, 6) is 0.565. The summed E-state index contributed by atoms with van der Waals surface area (Å²) < 4.78 is 13.3. The van der Waals surface area contributed by atoms with Gasteiger partial charge in [0.15, 0.2) is 0 Å². The number of morpholine rings is 1. The van der Waals surface area contributed by atoms with Gasteiger partial charge < -0.3 is 19.9 Å². The number of hydrogen-bond donors (Lipinski definition) is 2. The highest BCUT2D eigenvalue weighted by Gasteiger charge is 2.32. The zero-order chi connectivity index (χ0) is 20.8. The van der Waals surface area contributed by atoms with Crippen LogP contribution in [0.3, 0.4) is 0 Å². The number of rotatable bonds is 8. The summed E-state index contributed by atoms with van der Waals surface area (Å²) in [6, 6.07) is -0.139. The van der Waals surface area contributed by atoms with Crippen molar-refractivity contribution >= 4 is 5.91 Å². The number of nitrogens with one attached hydrogen (secondary N) is 1. The molecule has 168 valence electrons. The number of aromatic nitrogens is 3. The molecular weight excluding hydrogens is 386 g/mol. The van der Waals surface area contributed by atoms with E-state index in [1.165, 1.54) is 25.7 Å². The smallest absolute Gasteiger partial charge is 0.234 e. The second-order valence-electron chi connectivity index (χ2n) is 8.80. The zero-order valence-electron chi connectivity index (χ0n) is 17.7. The highest BCUT2D eigenvalue weighted by Crippen LogP contribution is 2.32. The highest BCUT2D eigenvalue weighted by molar-refractivity contribution is 5.78. The monoisotopic (exact) mass is 421 g/mol. The lowest BCUT2D eigenvalue weighted by Crippen LogP contribution is -2.53. The first-order valence-electron chi connectivity index (χ1n) is 11.5. The van der Waals surface area contributed by atoms with Crippen LogP contribution in [-0.2, 0) is 20.8 Å². The number of hydrogen-bond acceptors (Lipinski definition) is 7. The molecule has 0 unspecified atom stereocenters. The van der Waals surface area contributed by atoms with Crippen LogP contribution in [0, 0.1) is 0 Å². The van der Waals surface area contributed by atoms with Gasteiger partial charge in [0, 0.05) is 31.7 Å². The van der Waals surface area contributed by atoms with Crippen LogP contribution in [0.4, 0.5) is 0 Å². The van der Waals surface area contributed by atoms with Crippen LogP contribution in [0.5, 0.6) is 0 Å². The predicted octanol–water partition coefficient (Wildman–Crippen LogP) is 0.683. The van der Waals surface area contributed by atoms with E-state index in [4.69, 9.17) is 9.47 Å². The SMILES string of the molecule is O=C(CN1CCOCC1)N[C@H]1CC[C@H](CCn2cc(C3CCCC3)nn2)O[C@H]1CO. The van der Waals surface area contributed by atoms with Gasteiger partial charge in [-0.3, -0.25) is 14.4 Å². The Balaban J connectivity index is 1.20. The molecule has 0 bridgehead atoms. The Bertz CT molecular complexity index is 672. The molecule has 3 atom stereocenters. The van der Waals surface area contributed by atoms with Crippen molar-refractivity contribution in [2.75, 3.05) is 39.5 Å². The number of aliphatic hydroxyl groups excluding tert-OH is 1. The van der Waals surface area contributed by atoms with Crippen molar-refractivity contribution in [1.29, 1.82) is 0 Å². The van der Waals surface area contributed by atoms with Gasteiger partial charge in [0.25, 0.3) is 0 Å². The topological polar surface area (TPSA) is 102 Å². The minimum absolute atomic E-state index is 0.00976. The van der Waals surface area contributed by atoms with E-state index in [0.29, 0.717) is 25.7 Å². The van der Waals surface area contributed by atoms with Crippen LogP contribution in [-0.4, -0.2) is 88.6 Å². The molecule has 2 N–H and O–H groups in total. The number of nitrogens with zero attached hydrogens (tertiary/aromatic N) is 4.